The van der Waals surface area contributed by atoms with Gasteiger partial charge in [0.05, 0.1) is 6.54 Å². The smallest absolute Gasteiger partial charge is 0.188 e. The monoisotopic (exact) mass is 284 g/mol. The molecule has 108 valence electrons. The molecular formula is C16H16N2O3. The Bertz CT molecular complexity index is 577. The molecule has 0 N–H and O–H groups in total. The van der Waals surface area contributed by atoms with Gasteiger partial charge in [-0.3, -0.25) is 4.79 Å². The van der Waals surface area contributed by atoms with Crippen LogP contribution in [0, 0.1) is 0 Å². The zero-order valence-electron chi connectivity index (χ0n) is 11.5. The predicted molar refractivity (Wildman–Crippen MR) is 78.2 cm³/mol. The first kappa shape index (κ1) is 13.6. The molecule has 1 saturated heterocycles. The fourth-order valence-corrected chi connectivity index (χ4v) is 2.29. The lowest BCUT2D eigenvalue weighted by Crippen LogP contribution is -2.32. The van der Waals surface area contributed by atoms with Crippen molar-refractivity contribution in [2.45, 2.75) is 12.3 Å². The quantitative estimate of drug-likeness (QED) is 0.785. The number of rotatable bonds is 5. The maximum absolute atomic E-state index is 11.2. The van der Waals surface area contributed by atoms with Gasteiger partial charge in [0.15, 0.2) is 12.5 Å². The Morgan fingerprint density at radius 2 is 2.05 bits per heavy atom. The second-order valence-electron chi connectivity index (χ2n) is 4.75. The Morgan fingerprint density at radius 1 is 1.24 bits per heavy atom. The van der Waals surface area contributed by atoms with Crippen molar-refractivity contribution < 1.29 is 14.3 Å². The molecule has 2 heterocycles. The maximum Gasteiger partial charge on any atom is 0.188 e. The van der Waals surface area contributed by atoms with E-state index in [4.69, 9.17) is 9.47 Å². The third-order valence-corrected chi connectivity index (χ3v) is 3.28. The van der Waals surface area contributed by atoms with Crippen molar-refractivity contribution in [3.63, 3.8) is 0 Å². The first-order chi connectivity index (χ1) is 10.4. The summed E-state index contributed by atoms with van der Waals surface area (Å²) in [5.74, 6) is 1.52. The van der Waals surface area contributed by atoms with Crippen LogP contribution in [0.4, 0.5) is 5.82 Å². The molecule has 1 aromatic carbocycles. The highest BCUT2D eigenvalue weighted by atomic mass is 16.6. The predicted octanol–water partition coefficient (Wildman–Crippen LogP) is 1.89. The summed E-state index contributed by atoms with van der Waals surface area (Å²) in [5.41, 5.74) is 0. The van der Waals surface area contributed by atoms with E-state index in [1.165, 1.54) is 0 Å². The molecule has 0 saturated carbocycles. The van der Waals surface area contributed by atoms with E-state index >= 15 is 0 Å². The molecular weight excluding hydrogens is 268 g/mol. The number of para-hydroxylation sites is 1. The van der Waals surface area contributed by atoms with Crippen molar-refractivity contribution in [2.24, 2.45) is 0 Å². The van der Waals surface area contributed by atoms with E-state index in [0.29, 0.717) is 13.2 Å². The summed E-state index contributed by atoms with van der Waals surface area (Å²) < 4.78 is 11.4. The lowest BCUT2D eigenvalue weighted by atomic mass is 10.3. The van der Waals surface area contributed by atoms with Crippen LogP contribution in [-0.4, -0.2) is 36.8 Å². The minimum absolute atomic E-state index is 0.164. The van der Waals surface area contributed by atoms with Crippen molar-refractivity contribution >= 4 is 12.1 Å². The summed E-state index contributed by atoms with van der Waals surface area (Å²) in [5, 5.41) is 0. The number of anilines is 1. The molecule has 5 nitrogen and oxygen atoms in total. The number of hydrogen-bond donors (Lipinski definition) is 0. The van der Waals surface area contributed by atoms with Gasteiger partial charge >= 0.3 is 0 Å². The molecule has 1 aliphatic rings. The number of carbonyl (C=O) groups excluding carboxylic acids is 1. The van der Waals surface area contributed by atoms with E-state index in [1.807, 2.05) is 53.4 Å². The van der Waals surface area contributed by atoms with Crippen molar-refractivity contribution in [2.75, 3.05) is 18.1 Å². The molecule has 5 heteroatoms. The Kier molecular flexibility index (Phi) is 4.12. The average Bonchev–Trinajstić information content (AvgIpc) is 2.98. The minimum atomic E-state index is -0.607. The summed E-state index contributed by atoms with van der Waals surface area (Å²) >= 11 is 0. The molecule has 2 atom stereocenters. The number of ether oxygens (including phenoxy) is 2. The summed E-state index contributed by atoms with van der Waals surface area (Å²) in [6, 6.07) is 15.1. The Labute approximate surface area is 123 Å². The molecule has 0 aliphatic carbocycles. The third kappa shape index (κ3) is 3.20. The maximum atomic E-state index is 11.2. The van der Waals surface area contributed by atoms with Crippen LogP contribution in [0.15, 0.2) is 54.7 Å². The first-order valence-electron chi connectivity index (χ1n) is 6.83. The van der Waals surface area contributed by atoms with Crippen LogP contribution in [0.1, 0.15) is 0 Å². The topological polar surface area (TPSA) is 51.7 Å². The zero-order chi connectivity index (χ0) is 14.5. The second-order valence-corrected chi connectivity index (χ2v) is 4.75. The van der Waals surface area contributed by atoms with Crippen LogP contribution < -0.4 is 9.64 Å². The minimum Gasteiger partial charge on any atom is -0.491 e. The van der Waals surface area contributed by atoms with Crippen LogP contribution in [0.2, 0.25) is 0 Å². The van der Waals surface area contributed by atoms with Gasteiger partial charge in [0.25, 0.3) is 0 Å². The molecule has 1 aromatic heterocycles. The lowest BCUT2D eigenvalue weighted by Gasteiger charge is -2.18. The SMILES string of the molecule is O=CC1OC(COc2ccccc2)CN1c1ccccn1. The van der Waals surface area contributed by atoms with E-state index in [1.54, 1.807) is 6.20 Å². The van der Waals surface area contributed by atoms with Crippen LogP contribution in [0.5, 0.6) is 5.75 Å². The van der Waals surface area contributed by atoms with Gasteiger partial charge in [-0.25, -0.2) is 4.98 Å². The highest BCUT2D eigenvalue weighted by Gasteiger charge is 2.33. The molecule has 0 radical (unpaired) electrons. The van der Waals surface area contributed by atoms with Gasteiger partial charge < -0.3 is 14.4 Å². The van der Waals surface area contributed by atoms with Crippen LogP contribution >= 0.6 is 0 Å². The molecule has 21 heavy (non-hydrogen) atoms. The largest absolute Gasteiger partial charge is 0.491 e. The number of hydrogen-bond acceptors (Lipinski definition) is 5. The average molecular weight is 284 g/mol. The van der Waals surface area contributed by atoms with Crippen LogP contribution in [0.25, 0.3) is 0 Å². The fraction of sp³-hybridized carbons (Fsp3) is 0.250. The molecule has 2 unspecified atom stereocenters. The van der Waals surface area contributed by atoms with E-state index in [2.05, 4.69) is 4.98 Å². The van der Waals surface area contributed by atoms with Crippen molar-refractivity contribution in [3.05, 3.63) is 54.7 Å². The summed E-state index contributed by atoms with van der Waals surface area (Å²) in [6.07, 6.45) is 1.72. The van der Waals surface area contributed by atoms with Crippen molar-refractivity contribution in [1.29, 1.82) is 0 Å². The van der Waals surface area contributed by atoms with Gasteiger partial charge in [-0.1, -0.05) is 24.3 Å². The van der Waals surface area contributed by atoms with E-state index in [0.717, 1.165) is 17.9 Å². The van der Waals surface area contributed by atoms with Gasteiger partial charge in [0, 0.05) is 6.20 Å². The summed E-state index contributed by atoms with van der Waals surface area (Å²) in [4.78, 5) is 17.3. The van der Waals surface area contributed by atoms with E-state index in [-0.39, 0.29) is 6.10 Å². The number of benzene rings is 1. The molecule has 0 amide bonds. The highest BCUT2D eigenvalue weighted by molar-refractivity contribution is 5.63. The van der Waals surface area contributed by atoms with Crippen molar-refractivity contribution in [1.82, 2.24) is 4.98 Å². The number of pyridine rings is 1. The van der Waals surface area contributed by atoms with Gasteiger partial charge in [-0.2, -0.15) is 0 Å². The summed E-state index contributed by atoms with van der Waals surface area (Å²) in [7, 11) is 0. The van der Waals surface area contributed by atoms with E-state index < -0.39 is 6.23 Å². The first-order valence-corrected chi connectivity index (χ1v) is 6.83. The lowest BCUT2D eigenvalue weighted by molar-refractivity contribution is -0.117. The Hall–Kier alpha value is -2.40. The molecule has 3 rings (SSSR count). The Morgan fingerprint density at radius 3 is 2.76 bits per heavy atom. The van der Waals surface area contributed by atoms with Gasteiger partial charge in [0.1, 0.15) is 24.3 Å². The number of aldehydes is 1. The number of nitrogens with zero attached hydrogens (tertiary/aromatic N) is 2. The molecule has 1 aliphatic heterocycles. The van der Waals surface area contributed by atoms with Gasteiger partial charge in [0.2, 0.25) is 0 Å². The fourth-order valence-electron chi connectivity index (χ4n) is 2.29. The third-order valence-electron chi connectivity index (χ3n) is 3.28. The van der Waals surface area contributed by atoms with Crippen LogP contribution in [0.3, 0.4) is 0 Å². The standard InChI is InChI=1S/C16H16N2O3/c19-11-16-18(15-8-4-5-9-17-15)10-14(21-16)12-20-13-6-2-1-3-7-13/h1-9,11,14,16H,10,12H2. The van der Waals surface area contributed by atoms with Gasteiger partial charge in [-0.15, -0.1) is 0 Å². The number of aromatic nitrogens is 1. The zero-order valence-corrected chi connectivity index (χ0v) is 11.5. The van der Waals surface area contributed by atoms with Crippen molar-refractivity contribution in [3.8, 4) is 5.75 Å². The molecule has 0 bridgehead atoms. The van der Waals surface area contributed by atoms with Gasteiger partial charge in [-0.05, 0) is 24.3 Å². The second kappa shape index (κ2) is 6.37. The van der Waals surface area contributed by atoms with Crippen LogP contribution in [-0.2, 0) is 9.53 Å². The highest BCUT2D eigenvalue weighted by Crippen LogP contribution is 2.22. The van der Waals surface area contributed by atoms with E-state index in [9.17, 15) is 4.79 Å². The molecule has 0 spiro atoms. The normalized spacial score (nSPS) is 21.2. The summed E-state index contributed by atoms with van der Waals surface area (Å²) in [6.45, 7) is 0.977. The Balaban J connectivity index is 1.63. The number of carbonyl (C=O) groups is 1. The molecule has 1 fully saturated rings. The molecule has 2 aromatic rings.